The van der Waals surface area contributed by atoms with Gasteiger partial charge in [-0.25, -0.2) is 0 Å². The van der Waals surface area contributed by atoms with Crippen LogP contribution >= 0.6 is 0 Å². The summed E-state index contributed by atoms with van der Waals surface area (Å²) >= 11 is 0. The quantitative estimate of drug-likeness (QED) is 0.577. The van der Waals surface area contributed by atoms with Gasteiger partial charge in [-0.1, -0.05) is 6.92 Å². The lowest BCUT2D eigenvalue weighted by Gasteiger charge is -2.70. The number of aliphatic hydroxyl groups excluding tert-OH is 2. The minimum Gasteiger partial charge on any atom is -0.392 e. The third kappa shape index (κ3) is 2.12. The minimum atomic E-state index is -0.940. The van der Waals surface area contributed by atoms with Crippen LogP contribution in [-0.4, -0.2) is 97.3 Å². The Kier molecular flexibility index (Phi) is 4.56. The third-order valence-electron chi connectivity index (χ3n) is 11.3. The number of hydrogen-bond acceptors (Lipinski definition) is 7. The van der Waals surface area contributed by atoms with Gasteiger partial charge in [-0.15, -0.1) is 0 Å². The molecule has 0 aromatic rings. The van der Waals surface area contributed by atoms with Gasteiger partial charge in [0.15, 0.2) is 0 Å². The van der Waals surface area contributed by atoms with E-state index in [-0.39, 0.29) is 58.7 Å². The maximum atomic E-state index is 12.4. The molecule has 1 aliphatic heterocycles. The van der Waals surface area contributed by atoms with Gasteiger partial charge in [0.1, 0.15) is 0 Å². The molecule has 31 heavy (non-hydrogen) atoms. The molecule has 7 bridgehead atoms. The molecular weight excluding hydrogens is 398 g/mol. The molecule has 3 N–H and O–H groups in total. The van der Waals surface area contributed by atoms with Crippen molar-refractivity contribution >= 4 is 0 Å². The van der Waals surface area contributed by atoms with Gasteiger partial charge in [0.25, 0.3) is 0 Å². The molecule has 0 aromatic heterocycles. The van der Waals surface area contributed by atoms with E-state index in [9.17, 15) is 15.3 Å². The van der Waals surface area contributed by atoms with E-state index in [0.29, 0.717) is 19.4 Å². The summed E-state index contributed by atoms with van der Waals surface area (Å²) in [5.74, 6) is 0.352. The highest BCUT2D eigenvalue weighted by molar-refractivity contribution is 5.34. The number of hydrogen-bond donors (Lipinski definition) is 3. The summed E-state index contributed by atoms with van der Waals surface area (Å²) in [7, 11) is 5.24. The first-order valence-corrected chi connectivity index (χ1v) is 12.2. The summed E-state index contributed by atoms with van der Waals surface area (Å²) in [5.41, 5.74) is -1.48. The number of aliphatic hydroxyl groups is 3. The fourth-order valence-corrected chi connectivity index (χ4v) is 10.6. The number of rotatable bonds is 5. The van der Waals surface area contributed by atoms with Gasteiger partial charge in [-0.05, 0) is 31.2 Å². The van der Waals surface area contributed by atoms with Gasteiger partial charge < -0.3 is 29.5 Å². The zero-order valence-corrected chi connectivity index (χ0v) is 19.2. The SMILES string of the molecule is CCN1CC2(COC)C(O)CC(OC)C34C5CC6C(OC)CC(O)(C(CC23)C14)C5C6O. The van der Waals surface area contributed by atoms with E-state index < -0.39 is 17.8 Å². The third-order valence-corrected chi connectivity index (χ3v) is 11.3. The van der Waals surface area contributed by atoms with Crippen molar-refractivity contribution in [3.8, 4) is 0 Å². The Balaban J connectivity index is 1.60. The molecule has 0 radical (unpaired) electrons. The Morgan fingerprint density at radius 3 is 2.45 bits per heavy atom. The van der Waals surface area contributed by atoms with Crippen LogP contribution in [-0.2, 0) is 14.2 Å². The molecule has 7 heteroatoms. The maximum absolute atomic E-state index is 12.4. The van der Waals surface area contributed by atoms with Gasteiger partial charge in [-0.3, -0.25) is 4.90 Å². The fraction of sp³-hybridized carbons (Fsp3) is 1.00. The first-order chi connectivity index (χ1) is 14.8. The summed E-state index contributed by atoms with van der Waals surface area (Å²) in [4.78, 5) is 2.52. The van der Waals surface area contributed by atoms with Crippen molar-refractivity contribution in [3.05, 3.63) is 0 Å². The van der Waals surface area contributed by atoms with Crippen LogP contribution < -0.4 is 0 Å². The molecular formula is C24H39NO6. The van der Waals surface area contributed by atoms with Gasteiger partial charge in [0.05, 0.1) is 36.6 Å². The van der Waals surface area contributed by atoms with E-state index in [0.717, 1.165) is 25.9 Å². The van der Waals surface area contributed by atoms with E-state index >= 15 is 0 Å². The van der Waals surface area contributed by atoms with Crippen molar-refractivity contribution in [2.75, 3.05) is 41.0 Å². The second-order valence-corrected chi connectivity index (χ2v) is 11.5. The van der Waals surface area contributed by atoms with E-state index in [1.807, 2.05) is 0 Å². The van der Waals surface area contributed by atoms with Crippen molar-refractivity contribution < 1.29 is 29.5 Å². The summed E-state index contributed by atoms with van der Waals surface area (Å²) in [6, 6.07) is 0.206. The van der Waals surface area contributed by atoms with Crippen LogP contribution in [0, 0.1) is 40.4 Å². The number of likely N-dealkylation sites (tertiary alicyclic amines) is 1. The van der Waals surface area contributed by atoms with Crippen molar-refractivity contribution in [3.63, 3.8) is 0 Å². The number of ether oxygens (including phenoxy) is 3. The Labute approximate surface area is 185 Å². The predicted molar refractivity (Wildman–Crippen MR) is 112 cm³/mol. The van der Waals surface area contributed by atoms with E-state index in [1.54, 1.807) is 21.3 Å². The zero-order valence-electron chi connectivity index (χ0n) is 19.2. The van der Waals surface area contributed by atoms with Crippen LogP contribution in [0.15, 0.2) is 0 Å². The van der Waals surface area contributed by atoms with Crippen molar-refractivity contribution in [2.24, 2.45) is 40.4 Å². The Hall–Kier alpha value is -0.280. The van der Waals surface area contributed by atoms with Crippen molar-refractivity contribution in [1.82, 2.24) is 4.90 Å². The average molecular weight is 438 g/mol. The maximum Gasteiger partial charge on any atom is 0.0771 e. The van der Waals surface area contributed by atoms with Crippen molar-refractivity contribution in [1.29, 1.82) is 0 Å². The highest BCUT2D eigenvalue weighted by Crippen LogP contribution is 2.79. The molecule has 0 amide bonds. The van der Waals surface area contributed by atoms with E-state index in [1.165, 1.54) is 0 Å². The van der Waals surface area contributed by atoms with Crippen LogP contribution in [0.2, 0.25) is 0 Å². The molecule has 5 aliphatic carbocycles. The molecule has 13 atom stereocenters. The average Bonchev–Trinajstić information content (AvgIpc) is 3.17. The van der Waals surface area contributed by atoms with E-state index in [4.69, 9.17) is 14.2 Å². The first kappa shape index (κ1) is 21.3. The van der Waals surface area contributed by atoms with Gasteiger partial charge in [0.2, 0.25) is 0 Å². The number of piperidine rings is 1. The van der Waals surface area contributed by atoms with Gasteiger partial charge in [0, 0.05) is 75.3 Å². The Bertz CT molecular complexity index is 752. The summed E-state index contributed by atoms with van der Waals surface area (Å²) in [5, 5.41) is 35.3. The van der Waals surface area contributed by atoms with Crippen LogP contribution in [0.3, 0.4) is 0 Å². The summed E-state index contributed by atoms with van der Waals surface area (Å²) in [6.45, 7) is 4.39. The lowest BCUT2D eigenvalue weighted by molar-refractivity contribution is -0.294. The monoisotopic (exact) mass is 437 g/mol. The second kappa shape index (κ2) is 6.65. The Morgan fingerprint density at radius 1 is 1.03 bits per heavy atom. The van der Waals surface area contributed by atoms with Gasteiger partial charge >= 0.3 is 0 Å². The molecule has 1 heterocycles. The lowest BCUT2D eigenvalue weighted by atomic mass is 9.42. The lowest BCUT2D eigenvalue weighted by Crippen LogP contribution is -2.78. The number of nitrogens with zero attached hydrogens (tertiary/aromatic N) is 1. The van der Waals surface area contributed by atoms with E-state index in [2.05, 4.69) is 11.8 Å². The van der Waals surface area contributed by atoms with Crippen LogP contribution in [0.25, 0.3) is 0 Å². The van der Waals surface area contributed by atoms with Crippen molar-refractivity contribution in [2.45, 2.75) is 68.7 Å². The molecule has 6 aliphatic rings. The minimum absolute atomic E-state index is 0.0479. The molecule has 1 spiro atoms. The molecule has 176 valence electrons. The molecule has 7 nitrogen and oxygen atoms in total. The van der Waals surface area contributed by atoms with Crippen LogP contribution in [0.5, 0.6) is 0 Å². The highest BCUT2D eigenvalue weighted by Gasteiger charge is 2.84. The first-order valence-electron chi connectivity index (χ1n) is 12.2. The topological polar surface area (TPSA) is 91.6 Å². The molecule has 13 unspecified atom stereocenters. The Morgan fingerprint density at radius 2 is 1.81 bits per heavy atom. The van der Waals surface area contributed by atoms with Crippen LogP contribution in [0.1, 0.15) is 32.6 Å². The van der Waals surface area contributed by atoms with Gasteiger partial charge in [-0.2, -0.15) is 0 Å². The zero-order chi connectivity index (χ0) is 21.9. The number of fused-ring (bicyclic) bond motifs is 2. The molecule has 5 saturated carbocycles. The summed E-state index contributed by atoms with van der Waals surface area (Å²) < 4.78 is 17.8. The molecule has 0 aromatic carbocycles. The fourth-order valence-electron chi connectivity index (χ4n) is 10.6. The van der Waals surface area contributed by atoms with Crippen LogP contribution in [0.4, 0.5) is 0 Å². The normalized spacial score (nSPS) is 61.6. The predicted octanol–water partition coefficient (Wildman–Crippen LogP) is 0.502. The highest BCUT2D eigenvalue weighted by atomic mass is 16.5. The molecule has 6 fully saturated rings. The number of methoxy groups -OCH3 is 3. The molecule has 6 rings (SSSR count). The summed E-state index contributed by atoms with van der Waals surface area (Å²) in [6.07, 6.45) is 1.71. The smallest absolute Gasteiger partial charge is 0.0771 e. The second-order valence-electron chi connectivity index (χ2n) is 11.5. The largest absolute Gasteiger partial charge is 0.392 e. The molecule has 1 saturated heterocycles. The standard InChI is InChI=1S/C24H39NO6/c1-5-25-10-22(11-29-2)16-7-14-21(25)24(16,18(31-4)8-17(22)26)13-6-12-15(30-3)9-23(14,28)19(13)20(12)27/h12-21,26-28H,5-11H2,1-4H3.